The Balaban J connectivity index is 4.43. The highest BCUT2D eigenvalue weighted by atomic mass is 16.5. The molecule has 0 bridgehead atoms. The Morgan fingerprint density at radius 1 is 0.778 bits per heavy atom. The van der Waals surface area contributed by atoms with Crippen molar-refractivity contribution < 1.29 is 19.4 Å². The highest BCUT2D eigenvalue weighted by molar-refractivity contribution is 5.77. The van der Waals surface area contributed by atoms with E-state index in [1.165, 1.54) is 6.42 Å². The van der Waals surface area contributed by atoms with Gasteiger partial charge in [0, 0.05) is 6.42 Å². The van der Waals surface area contributed by atoms with E-state index in [1.807, 2.05) is 13.8 Å². The molecule has 160 valence electrons. The van der Waals surface area contributed by atoms with Crippen LogP contribution in [0.2, 0.25) is 0 Å². The molecular weight excluding hydrogens is 340 g/mol. The van der Waals surface area contributed by atoms with Crippen molar-refractivity contribution >= 4 is 11.9 Å². The fraction of sp³-hybridized carbons (Fsp3) is 0.913. The minimum atomic E-state index is -0.696. The van der Waals surface area contributed by atoms with Crippen LogP contribution in [0.5, 0.6) is 0 Å². The number of esters is 1. The fourth-order valence-corrected chi connectivity index (χ4v) is 3.67. The molecule has 0 saturated carbocycles. The number of unbranched alkanes of at least 4 members (excludes halogenated alkanes) is 8. The van der Waals surface area contributed by atoms with E-state index in [0.29, 0.717) is 0 Å². The zero-order valence-corrected chi connectivity index (χ0v) is 18.4. The summed E-state index contributed by atoms with van der Waals surface area (Å²) in [7, 11) is 0. The number of ether oxygens (including phenoxy) is 1. The van der Waals surface area contributed by atoms with E-state index in [4.69, 9.17) is 9.84 Å². The molecule has 0 rings (SSSR count). The minimum Gasteiger partial charge on any atom is -0.481 e. The fourth-order valence-electron chi connectivity index (χ4n) is 3.67. The second-order valence-electron chi connectivity index (χ2n) is 8.31. The van der Waals surface area contributed by atoms with E-state index in [9.17, 15) is 9.59 Å². The van der Waals surface area contributed by atoms with Crippen LogP contribution in [0.25, 0.3) is 0 Å². The molecule has 0 radical (unpaired) electrons. The van der Waals surface area contributed by atoms with Crippen molar-refractivity contribution in [2.45, 2.75) is 130 Å². The van der Waals surface area contributed by atoms with Crippen LogP contribution in [0.3, 0.4) is 0 Å². The van der Waals surface area contributed by atoms with E-state index < -0.39 is 5.97 Å². The third-order valence-corrected chi connectivity index (χ3v) is 5.34. The summed E-state index contributed by atoms with van der Waals surface area (Å²) in [4.78, 5) is 23.4. The molecule has 0 aliphatic carbocycles. The Morgan fingerprint density at radius 2 is 1.22 bits per heavy atom. The van der Waals surface area contributed by atoms with Gasteiger partial charge in [0.2, 0.25) is 0 Å². The summed E-state index contributed by atoms with van der Waals surface area (Å²) in [6.07, 6.45) is 14.9. The maximum absolute atomic E-state index is 12.9. The number of rotatable bonds is 18. The molecule has 0 amide bonds. The van der Waals surface area contributed by atoms with Gasteiger partial charge < -0.3 is 9.84 Å². The third kappa shape index (κ3) is 12.9. The van der Waals surface area contributed by atoms with Crippen molar-refractivity contribution in [3.63, 3.8) is 0 Å². The van der Waals surface area contributed by atoms with Crippen molar-refractivity contribution in [3.05, 3.63) is 0 Å². The highest BCUT2D eigenvalue weighted by Crippen LogP contribution is 2.38. The quantitative estimate of drug-likeness (QED) is 0.206. The smallest absolute Gasteiger partial charge is 0.312 e. The summed E-state index contributed by atoms with van der Waals surface area (Å²) in [5.74, 6) is -0.674. The molecule has 0 aliphatic rings. The molecule has 1 N–H and O–H groups in total. The summed E-state index contributed by atoms with van der Waals surface area (Å²) in [5, 5.41) is 8.65. The number of carboxylic acid groups (broad SMARTS) is 1. The SMILES string of the molecule is CCCCC(CCCC)(CCCCCCCCCC(=O)O)C(=O)OC(C)C. The van der Waals surface area contributed by atoms with E-state index >= 15 is 0 Å². The minimum absolute atomic E-state index is 0.0214. The first-order valence-electron chi connectivity index (χ1n) is 11.3. The van der Waals surface area contributed by atoms with Crippen LogP contribution in [0.15, 0.2) is 0 Å². The van der Waals surface area contributed by atoms with Gasteiger partial charge in [-0.3, -0.25) is 9.59 Å². The Kier molecular flexibility index (Phi) is 15.3. The molecule has 0 saturated heterocycles. The molecule has 0 fully saturated rings. The van der Waals surface area contributed by atoms with Gasteiger partial charge in [0.15, 0.2) is 0 Å². The van der Waals surface area contributed by atoms with E-state index in [-0.39, 0.29) is 23.9 Å². The number of carbonyl (C=O) groups is 2. The van der Waals surface area contributed by atoms with Crippen molar-refractivity contribution in [2.24, 2.45) is 5.41 Å². The van der Waals surface area contributed by atoms with Crippen molar-refractivity contribution in [1.29, 1.82) is 0 Å². The molecule has 0 unspecified atom stereocenters. The number of carbonyl (C=O) groups excluding carboxylic acids is 1. The summed E-state index contributed by atoms with van der Waals surface area (Å²) in [5.41, 5.74) is -0.294. The van der Waals surface area contributed by atoms with Crippen LogP contribution in [-0.4, -0.2) is 23.1 Å². The van der Waals surface area contributed by atoms with Crippen LogP contribution in [0, 0.1) is 5.41 Å². The molecule has 4 heteroatoms. The second kappa shape index (κ2) is 15.9. The predicted molar refractivity (Wildman–Crippen MR) is 112 cm³/mol. The molecule has 0 aromatic carbocycles. The van der Waals surface area contributed by atoms with Gasteiger partial charge in [-0.25, -0.2) is 0 Å². The van der Waals surface area contributed by atoms with Crippen LogP contribution in [0.4, 0.5) is 0 Å². The molecule has 0 heterocycles. The van der Waals surface area contributed by atoms with Gasteiger partial charge in [-0.2, -0.15) is 0 Å². The van der Waals surface area contributed by atoms with E-state index in [0.717, 1.165) is 83.5 Å². The zero-order chi connectivity index (χ0) is 20.5. The summed E-state index contributed by atoms with van der Waals surface area (Å²) >= 11 is 0. The standard InChI is InChI=1S/C23H44O4/c1-5-7-17-23(18-8-6-2,22(26)27-20(3)4)19-15-13-11-9-10-12-14-16-21(24)25/h20H,5-19H2,1-4H3,(H,24,25). The molecular formula is C23H44O4. The van der Waals surface area contributed by atoms with E-state index in [2.05, 4.69) is 13.8 Å². The van der Waals surface area contributed by atoms with Gasteiger partial charge >= 0.3 is 11.9 Å². The Labute approximate surface area is 167 Å². The van der Waals surface area contributed by atoms with Crippen molar-refractivity contribution in [2.75, 3.05) is 0 Å². The van der Waals surface area contributed by atoms with Crippen molar-refractivity contribution in [1.82, 2.24) is 0 Å². The first-order valence-corrected chi connectivity index (χ1v) is 11.3. The van der Waals surface area contributed by atoms with Crippen LogP contribution in [-0.2, 0) is 14.3 Å². The predicted octanol–water partition coefficient (Wildman–Crippen LogP) is 6.90. The lowest BCUT2D eigenvalue weighted by Gasteiger charge is -2.32. The maximum atomic E-state index is 12.9. The first-order chi connectivity index (χ1) is 12.9. The van der Waals surface area contributed by atoms with Crippen LogP contribution >= 0.6 is 0 Å². The Hall–Kier alpha value is -1.06. The Morgan fingerprint density at radius 3 is 1.67 bits per heavy atom. The number of hydrogen-bond donors (Lipinski definition) is 1. The summed E-state index contributed by atoms with van der Waals surface area (Å²) in [6.45, 7) is 8.24. The number of carboxylic acids is 1. The summed E-state index contributed by atoms with van der Waals surface area (Å²) in [6, 6.07) is 0. The monoisotopic (exact) mass is 384 g/mol. The van der Waals surface area contributed by atoms with Gasteiger partial charge in [0.1, 0.15) is 0 Å². The van der Waals surface area contributed by atoms with Gasteiger partial charge in [0.05, 0.1) is 11.5 Å². The summed E-state index contributed by atoms with van der Waals surface area (Å²) < 4.78 is 5.66. The zero-order valence-electron chi connectivity index (χ0n) is 18.4. The average molecular weight is 385 g/mol. The lowest BCUT2D eigenvalue weighted by Crippen LogP contribution is -2.35. The molecule has 4 nitrogen and oxygen atoms in total. The van der Waals surface area contributed by atoms with Gasteiger partial charge in [0.25, 0.3) is 0 Å². The van der Waals surface area contributed by atoms with Crippen LogP contribution < -0.4 is 0 Å². The lowest BCUT2D eigenvalue weighted by atomic mass is 9.74. The second-order valence-corrected chi connectivity index (χ2v) is 8.31. The van der Waals surface area contributed by atoms with Gasteiger partial charge in [-0.05, 0) is 39.5 Å². The number of aliphatic carboxylic acids is 1. The normalized spacial score (nSPS) is 11.7. The lowest BCUT2D eigenvalue weighted by molar-refractivity contribution is -0.162. The third-order valence-electron chi connectivity index (χ3n) is 5.34. The van der Waals surface area contributed by atoms with Crippen LogP contribution in [0.1, 0.15) is 124 Å². The van der Waals surface area contributed by atoms with Gasteiger partial charge in [-0.15, -0.1) is 0 Å². The largest absolute Gasteiger partial charge is 0.481 e. The molecule has 0 aromatic rings. The number of hydrogen-bond acceptors (Lipinski definition) is 3. The molecule has 0 aromatic heterocycles. The molecule has 0 atom stereocenters. The molecule has 27 heavy (non-hydrogen) atoms. The first kappa shape index (κ1) is 25.9. The Bertz CT molecular complexity index is 382. The molecule has 0 aliphatic heterocycles. The van der Waals surface area contributed by atoms with Gasteiger partial charge in [-0.1, -0.05) is 78.1 Å². The maximum Gasteiger partial charge on any atom is 0.312 e. The highest BCUT2D eigenvalue weighted by Gasteiger charge is 2.38. The topological polar surface area (TPSA) is 63.6 Å². The van der Waals surface area contributed by atoms with E-state index in [1.54, 1.807) is 0 Å². The average Bonchev–Trinajstić information content (AvgIpc) is 2.61. The van der Waals surface area contributed by atoms with Crippen molar-refractivity contribution in [3.8, 4) is 0 Å². The molecule has 0 spiro atoms.